The highest BCUT2D eigenvalue weighted by molar-refractivity contribution is 6.26. The van der Waals surface area contributed by atoms with Crippen molar-refractivity contribution in [1.29, 1.82) is 0 Å². The van der Waals surface area contributed by atoms with Gasteiger partial charge in [-0.25, -0.2) is 0 Å². The zero-order valence-corrected chi connectivity index (χ0v) is 69.7. The van der Waals surface area contributed by atoms with Crippen molar-refractivity contribution in [2.24, 2.45) is 0 Å². The number of benzene rings is 4. The van der Waals surface area contributed by atoms with Gasteiger partial charge in [-0.2, -0.15) is 342 Å². The molecule has 4 aromatic carbocycles. The molecule has 876 valence electrons. The van der Waals surface area contributed by atoms with Crippen molar-refractivity contribution in [1.82, 2.24) is 0 Å². The van der Waals surface area contributed by atoms with Gasteiger partial charge in [0.2, 0.25) is 0 Å². The summed E-state index contributed by atoms with van der Waals surface area (Å²) in [5.74, 6) is -257. The second-order valence-corrected chi connectivity index (χ2v) is 32.6. The average Bonchev–Trinajstić information content (AvgIpc) is 0.554. The van der Waals surface area contributed by atoms with Crippen LogP contribution in [0.5, 0.6) is 0 Å². The molecule has 0 spiro atoms. The minimum atomic E-state index is -8.98. The molecule has 0 aliphatic rings. The quantitative estimate of drug-likeness (QED) is 0.0305. The van der Waals surface area contributed by atoms with Crippen LogP contribution in [0.4, 0.5) is 342 Å². The summed E-state index contributed by atoms with van der Waals surface area (Å²) < 4.78 is 1120. The summed E-state index contributed by atoms with van der Waals surface area (Å²) in [4.78, 5) is 0. The number of halogens is 78. The van der Waals surface area contributed by atoms with E-state index in [9.17, 15) is 237 Å². The molecule has 0 fully saturated rings. The van der Waals surface area contributed by atoms with Gasteiger partial charge < -0.3 is 0 Å². The van der Waals surface area contributed by atoms with E-state index >= 15 is 105 Å². The Balaban J connectivity index is 2.60. The number of hydrogen-bond acceptors (Lipinski definition) is 0. The van der Waals surface area contributed by atoms with Crippen molar-refractivity contribution in [3.63, 3.8) is 0 Å². The van der Waals surface area contributed by atoms with Gasteiger partial charge >= 0.3 is 215 Å². The molecule has 0 bridgehead atoms. The van der Waals surface area contributed by atoms with Crippen LogP contribution < -0.4 is 0 Å². The summed E-state index contributed by atoms with van der Waals surface area (Å²) in [7, 11) is 0. The van der Waals surface area contributed by atoms with Gasteiger partial charge in [0.05, 0.1) is 0 Å². The third-order valence-corrected chi connectivity index (χ3v) is 22.5. The highest BCUT2D eigenvalue weighted by atomic mass is 19.5. The smallest absolute Gasteiger partial charge is 0.200 e. The Hall–Kier alpha value is -7.80. The molecule has 4 rings (SSSR count). The molecule has 0 unspecified atom stereocenters. The first-order chi connectivity index (χ1) is 65.0. The molecule has 0 atom stereocenters. The second kappa shape index (κ2) is 38.6. The van der Waals surface area contributed by atoms with Crippen molar-refractivity contribution < 1.29 is 342 Å². The normalized spacial score (nSPS) is 16.3. The molecule has 0 saturated carbocycles. The van der Waals surface area contributed by atoms with Crippen molar-refractivity contribution in [3.8, 4) is 0 Å². The topological polar surface area (TPSA) is 0 Å². The number of aryl methyl sites for hydroxylation is 6. The van der Waals surface area contributed by atoms with Gasteiger partial charge in [0.15, 0.2) is 0 Å². The van der Waals surface area contributed by atoms with Gasteiger partial charge in [0.25, 0.3) is 0 Å². The summed E-state index contributed by atoms with van der Waals surface area (Å²) in [5.41, 5.74) is -12.3. The minimum Gasteiger partial charge on any atom is -0.200 e. The van der Waals surface area contributed by atoms with Crippen LogP contribution >= 0.6 is 0 Å². The van der Waals surface area contributed by atoms with Crippen LogP contribution in [0.15, 0.2) is 36.4 Å². The highest BCUT2D eigenvalue weighted by Gasteiger charge is 2.98. The fraction of sp³-hybridized carbons (Fsp3) is 0.750. The van der Waals surface area contributed by atoms with Crippen LogP contribution in [0.1, 0.15) is 110 Å². The Morgan fingerprint density at radius 3 is 0.247 bits per heavy atom. The van der Waals surface area contributed by atoms with Crippen molar-refractivity contribution in [3.05, 3.63) is 69.8 Å². The zero-order chi connectivity index (χ0) is 120. The molecule has 0 heterocycles. The van der Waals surface area contributed by atoms with E-state index in [2.05, 4.69) is 0 Å². The number of alkyl halides is 78. The Kier molecular flexibility index (Phi) is 34.6. The fourth-order valence-corrected chi connectivity index (χ4v) is 13.6. The predicted molar refractivity (Wildman–Crippen MR) is 341 cm³/mol. The monoisotopic (exact) mass is 2390 g/mol. The molecule has 150 heavy (non-hydrogen) atoms. The van der Waals surface area contributed by atoms with Gasteiger partial charge in [0.1, 0.15) is 0 Å². The lowest BCUT2D eigenvalue weighted by Gasteiger charge is -2.39. The van der Waals surface area contributed by atoms with Gasteiger partial charge in [-0.1, -0.05) is 36.4 Å². The third kappa shape index (κ3) is 20.5. The molecule has 0 aliphatic heterocycles. The lowest BCUT2D eigenvalue weighted by molar-refractivity contribution is -0.440. The summed E-state index contributed by atoms with van der Waals surface area (Å²) in [6, 6.07) is -3.28. The Labute approximate surface area is 774 Å². The lowest BCUT2D eigenvalue weighted by atomic mass is 9.83. The van der Waals surface area contributed by atoms with Crippen LogP contribution in [0.2, 0.25) is 0 Å². The van der Waals surface area contributed by atoms with E-state index in [1.165, 1.54) is 0 Å². The SMILES string of the molecule is FC(F)(F)C(F)(F)C(F)(F)C(F)(F)C(F)(F)C(F)(F)CCCc1cc2c3cc(CCCC(F)(F)C(F)(F)C(F)(F)C(F)(F)C(F)(F)C(F)(F)F)c(CCCC(F)(F)C(F)(F)C(F)(F)C(F)(F)C(F)(F)C(F)(F)F)cc3c3cc(CCCC(F)(F)C(F)(F)C(F)(F)C(F)(F)C(F)(F)C(F)(F)F)c(CCCC(F)(F)C(F)(F)C(F)(F)C(F)(F)C(F)(F)C(F)(F)F)cc3c2cc1CCCC(F)(F)C(F)(F)C(F)(F)C(F)(F)C(F)(F)C(F)(F)F. The van der Waals surface area contributed by atoms with E-state index in [1.54, 1.807) is 0 Å². The Morgan fingerprint density at radius 2 is 0.173 bits per heavy atom. The summed E-state index contributed by atoms with van der Waals surface area (Å²) >= 11 is 0. The van der Waals surface area contributed by atoms with Crippen LogP contribution in [0.3, 0.4) is 0 Å². The van der Waals surface area contributed by atoms with E-state index in [0.29, 0.717) is 0 Å². The Bertz CT molecular complexity index is 4490. The van der Waals surface area contributed by atoms with Gasteiger partial charge in [0, 0.05) is 38.5 Å². The molecule has 78 heteroatoms. The first-order valence-corrected chi connectivity index (χ1v) is 38.2. The van der Waals surface area contributed by atoms with Crippen molar-refractivity contribution in [2.75, 3.05) is 0 Å². The zero-order valence-electron chi connectivity index (χ0n) is 69.7. The maximum Gasteiger partial charge on any atom is 0.460 e. The second-order valence-electron chi connectivity index (χ2n) is 32.6. The van der Waals surface area contributed by atoms with Crippen LogP contribution in [0.25, 0.3) is 32.3 Å². The van der Waals surface area contributed by atoms with Crippen LogP contribution in [-0.4, -0.2) is 215 Å². The molecule has 0 saturated heterocycles. The average molecular weight is 2390 g/mol. The number of hydrogen-bond donors (Lipinski definition) is 0. The summed E-state index contributed by atoms with van der Waals surface area (Å²) in [6.45, 7) is 0. The fourth-order valence-electron chi connectivity index (χ4n) is 13.6. The van der Waals surface area contributed by atoms with Crippen LogP contribution in [-0.2, 0) is 38.5 Å². The largest absolute Gasteiger partial charge is 0.460 e. The first-order valence-electron chi connectivity index (χ1n) is 38.2. The Morgan fingerprint density at radius 1 is 0.100 bits per heavy atom. The standard InChI is InChI=1S/C72H42F78/c73-37(74,43(85,86)49(97,98)55(109,110)61(121,122)67(133,134)135)13-1-7-25-19-31-32(20-26(25)8-2-14-38(75,76)44(87,88)50(99,100)56(111,112)62(123,124)68(136,137)138)34-22-28(10-4-16-40(79,80)46(91,92)52(103,104)58(115,116)64(127,128)70(142,143)144)30(12-6-18-42(83,84)48(95,96)54(107,108)60(119,120)66(131,132)72(148,149)150)24-36(34)35-23-29(11-5-17-41(81,82)47(93,94)53(105,106)59(117,118)65(129,130)71(145,146)147)27(21-33(31)35)9-3-15-39(77,78)45(89,90)51(101,102)57(113,114)63(125,126)69(139,140)141/h19-24H,1-18H2. The molecule has 0 radical (unpaired) electrons. The van der Waals surface area contributed by atoms with Crippen molar-refractivity contribution in [2.45, 2.75) is 330 Å². The van der Waals surface area contributed by atoms with E-state index in [1.807, 2.05) is 0 Å². The van der Waals surface area contributed by atoms with Crippen LogP contribution in [0, 0.1) is 0 Å². The van der Waals surface area contributed by atoms with Gasteiger partial charge in [-0.05, 0) is 143 Å². The molecule has 4 aromatic rings. The molecule has 0 aliphatic carbocycles. The summed E-state index contributed by atoms with van der Waals surface area (Å²) in [6.07, 6.45) is -106. The maximum absolute atomic E-state index is 15.6. The predicted octanol–water partition coefficient (Wildman–Crippen LogP) is 35.5. The third-order valence-electron chi connectivity index (χ3n) is 22.5. The van der Waals surface area contributed by atoms with E-state index in [4.69, 9.17) is 0 Å². The first kappa shape index (κ1) is 134. The lowest BCUT2D eigenvalue weighted by Crippen LogP contribution is -2.70. The van der Waals surface area contributed by atoms with E-state index < -0.39 is 432 Å². The molecule has 0 aromatic heterocycles. The highest BCUT2D eigenvalue weighted by Crippen LogP contribution is 2.70. The number of rotatable bonds is 48. The molecule has 0 nitrogen and oxygen atoms in total. The molecular formula is C72H42F78. The number of fused-ring (bicyclic) bond motifs is 6. The van der Waals surface area contributed by atoms with E-state index in [0.717, 1.165) is 0 Å². The molecular weight excluding hydrogens is 2350 g/mol. The molecule has 0 amide bonds. The van der Waals surface area contributed by atoms with E-state index in [-0.39, 0.29) is 0 Å². The maximum atomic E-state index is 15.6. The minimum absolute atomic E-state index is 0.547. The summed E-state index contributed by atoms with van der Waals surface area (Å²) in [5, 5.41) is -11.8. The molecule has 0 N–H and O–H groups in total. The van der Waals surface area contributed by atoms with Gasteiger partial charge in [-0.3, -0.25) is 0 Å². The van der Waals surface area contributed by atoms with Crippen molar-refractivity contribution >= 4 is 32.3 Å². The van der Waals surface area contributed by atoms with Gasteiger partial charge in [-0.15, -0.1) is 0 Å².